The molecule has 1 aromatic rings. The van der Waals surface area contributed by atoms with Crippen LogP contribution in [0.25, 0.3) is 0 Å². The van der Waals surface area contributed by atoms with E-state index in [9.17, 15) is 8.42 Å². The Labute approximate surface area is 113 Å². The van der Waals surface area contributed by atoms with Crippen molar-refractivity contribution in [3.63, 3.8) is 0 Å². The van der Waals surface area contributed by atoms with Crippen molar-refractivity contribution in [2.75, 3.05) is 19.8 Å². The molecule has 0 atom stereocenters. The van der Waals surface area contributed by atoms with E-state index in [1.165, 1.54) is 12.4 Å². The maximum absolute atomic E-state index is 12.2. The summed E-state index contributed by atoms with van der Waals surface area (Å²) in [7, 11) is -3.48. The third-order valence-electron chi connectivity index (χ3n) is 3.05. The van der Waals surface area contributed by atoms with Crippen molar-refractivity contribution >= 4 is 10.0 Å². The van der Waals surface area contributed by atoms with E-state index in [2.05, 4.69) is 9.82 Å². The van der Waals surface area contributed by atoms with Gasteiger partial charge in [0.1, 0.15) is 4.90 Å². The van der Waals surface area contributed by atoms with Gasteiger partial charge in [-0.15, -0.1) is 0 Å². The lowest BCUT2D eigenvalue weighted by Gasteiger charge is -2.22. The van der Waals surface area contributed by atoms with Crippen LogP contribution in [0.3, 0.4) is 0 Å². The Hall–Kier alpha value is -0.960. The number of nitrogens with two attached hydrogens (primary N) is 1. The monoisotopic (exact) mass is 288 g/mol. The number of rotatable bonds is 6. The molecule has 8 heteroatoms. The van der Waals surface area contributed by atoms with Gasteiger partial charge in [0.25, 0.3) is 0 Å². The van der Waals surface area contributed by atoms with Gasteiger partial charge in [0, 0.05) is 32.0 Å². The van der Waals surface area contributed by atoms with Crippen LogP contribution in [0.1, 0.15) is 19.3 Å². The zero-order chi connectivity index (χ0) is 13.7. The average molecular weight is 288 g/mol. The summed E-state index contributed by atoms with van der Waals surface area (Å²) in [5, 5.41) is 4.03. The first kappa shape index (κ1) is 14.4. The molecule has 0 unspecified atom stereocenters. The highest BCUT2D eigenvalue weighted by Crippen LogP contribution is 2.13. The number of aryl methyl sites for hydroxylation is 1. The molecule has 0 saturated carbocycles. The zero-order valence-electron chi connectivity index (χ0n) is 10.8. The predicted octanol–water partition coefficient (Wildman–Crippen LogP) is -0.311. The van der Waals surface area contributed by atoms with E-state index >= 15 is 0 Å². The lowest BCUT2D eigenvalue weighted by molar-refractivity contribution is 0.0832. The SMILES string of the molecule is NCCCn1cc(S(=O)(=O)NC2CCOCC2)cn1. The third kappa shape index (κ3) is 4.00. The second-order valence-electron chi connectivity index (χ2n) is 4.59. The molecule has 1 aliphatic rings. The second-order valence-corrected chi connectivity index (χ2v) is 6.30. The Morgan fingerprint density at radius 3 is 2.89 bits per heavy atom. The largest absolute Gasteiger partial charge is 0.381 e. The summed E-state index contributed by atoms with van der Waals surface area (Å²) in [6.07, 6.45) is 5.10. The van der Waals surface area contributed by atoms with Crippen molar-refractivity contribution in [2.45, 2.75) is 36.7 Å². The molecule has 1 fully saturated rings. The summed E-state index contributed by atoms with van der Waals surface area (Å²) in [6.45, 7) is 2.39. The normalized spacial score (nSPS) is 17.7. The number of hydrogen-bond acceptors (Lipinski definition) is 5. The van der Waals surface area contributed by atoms with Crippen LogP contribution in [-0.4, -0.2) is 44.0 Å². The Morgan fingerprint density at radius 1 is 1.47 bits per heavy atom. The fraction of sp³-hybridized carbons (Fsp3) is 0.727. The molecule has 108 valence electrons. The molecule has 0 aromatic carbocycles. The Kier molecular flexibility index (Phi) is 4.92. The summed E-state index contributed by atoms with van der Waals surface area (Å²) >= 11 is 0. The number of hydrogen-bond donors (Lipinski definition) is 2. The predicted molar refractivity (Wildman–Crippen MR) is 70.1 cm³/mol. The molecule has 0 radical (unpaired) electrons. The van der Waals surface area contributed by atoms with Crippen molar-refractivity contribution in [3.05, 3.63) is 12.4 Å². The summed E-state index contributed by atoms with van der Waals surface area (Å²) in [6, 6.07) is -0.0499. The standard InChI is InChI=1S/C11H20N4O3S/c12-4-1-5-15-9-11(8-13-15)19(16,17)14-10-2-6-18-7-3-10/h8-10,14H,1-7,12H2. The first-order valence-corrected chi connectivity index (χ1v) is 7.93. The minimum atomic E-state index is -3.48. The van der Waals surface area contributed by atoms with Gasteiger partial charge >= 0.3 is 0 Å². The molecule has 2 rings (SSSR count). The van der Waals surface area contributed by atoms with Crippen molar-refractivity contribution < 1.29 is 13.2 Å². The van der Waals surface area contributed by atoms with E-state index in [0.717, 1.165) is 6.42 Å². The van der Waals surface area contributed by atoms with Gasteiger partial charge in [-0.1, -0.05) is 0 Å². The molecule has 19 heavy (non-hydrogen) atoms. The van der Waals surface area contributed by atoms with Gasteiger partial charge in [0.15, 0.2) is 0 Å². The molecule has 3 N–H and O–H groups in total. The van der Waals surface area contributed by atoms with Gasteiger partial charge in [0.2, 0.25) is 10.0 Å². The number of nitrogens with zero attached hydrogens (tertiary/aromatic N) is 2. The molecular weight excluding hydrogens is 268 g/mol. The van der Waals surface area contributed by atoms with E-state index in [1.807, 2.05) is 0 Å². The van der Waals surface area contributed by atoms with Crippen LogP contribution in [0.4, 0.5) is 0 Å². The molecule has 1 aliphatic heterocycles. The Balaban J connectivity index is 1.99. The highest BCUT2D eigenvalue weighted by molar-refractivity contribution is 7.89. The fourth-order valence-electron chi connectivity index (χ4n) is 1.96. The van der Waals surface area contributed by atoms with Crippen LogP contribution in [0.5, 0.6) is 0 Å². The number of sulfonamides is 1. The molecule has 7 nitrogen and oxygen atoms in total. The van der Waals surface area contributed by atoms with Crippen LogP contribution in [0.15, 0.2) is 17.3 Å². The van der Waals surface area contributed by atoms with Gasteiger partial charge in [-0.25, -0.2) is 13.1 Å². The Bertz CT molecular complexity index is 494. The number of ether oxygens (including phenoxy) is 1. The molecule has 0 bridgehead atoms. The maximum Gasteiger partial charge on any atom is 0.243 e. The minimum Gasteiger partial charge on any atom is -0.381 e. The van der Waals surface area contributed by atoms with Crippen molar-refractivity contribution in [2.24, 2.45) is 5.73 Å². The molecular formula is C11H20N4O3S. The van der Waals surface area contributed by atoms with Crippen molar-refractivity contribution in [3.8, 4) is 0 Å². The quantitative estimate of drug-likeness (QED) is 0.748. The topological polar surface area (TPSA) is 99.2 Å². The molecule has 2 heterocycles. The van der Waals surface area contributed by atoms with E-state index < -0.39 is 10.0 Å². The second kappa shape index (κ2) is 6.47. The minimum absolute atomic E-state index is 0.0499. The average Bonchev–Trinajstić information content (AvgIpc) is 2.86. The lowest BCUT2D eigenvalue weighted by atomic mass is 10.1. The molecule has 0 amide bonds. The van der Waals surface area contributed by atoms with Gasteiger partial charge < -0.3 is 10.5 Å². The highest BCUT2D eigenvalue weighted by atomic mass is 32.2. The van der Waals surface area contributed by atoms with E-state index in [0.29, 0.717) is 39.1 Å². The summed E-state index contributed by atoms with van der Waals surface area (Å²) in [5.41, 5.74) is 5.41. The summed E-state index contributed by atoms with van der Waals surface area (Å²) < 4.78 is 33.8. The lowest BCUT2D eigenvalue weighted by Crippen LogP contribution is -2.38. The summed E-state index contributed by atoms with van der Waals surface area (Å²) in [5.74, 6) is 0. The van der Waals surface area contributed by atoms with E-state index in [-0.39, 0.29) is 10.9 Å². The van der Waals surface area contributed by atoms with Crippen LogP contribution >= 0.6 is 0 Å². The fourth-order valence-corrected chi connectivity index (χ4v) is 3.22. The van der Waals surface area contributed by atoms with Crippen LogP contribution in [-0.2, 0) is 21.3 Å². The first-order valence-electron chi connectivity index (χ1n) is 6.44. The van der Waals surface area contributed by atoms with Gasteiger partial charge in [-0.05, 0) is 25.8 Å². The smallest absolute Gasteiger partial charge is 0.243 e. The third-order valence-corrected chi connectivity index (χ3v) is 4.53. The van der Waals surface area contributed by atoms with Crippen molar-refractivity contribution in [1.82, 2.24) is 14.5 Å². The van der Waals surface area contributed by atoms with Gasteiger partial charge in [-0.2, -0.15) is 5.10 Å². The molecule has 1 saturated heterocycles. The number of nitrogens with one attached hydrogen (secondary N) is 1. The first-order chi connectivity index (χ1) is 9.12. The maximum atomic E-state index is 12.2. The summed E-state index contributed by atoms with van der Waals surface area (Å²) in [4.78, 5) is 0.205. The van der Waals surface area contributed by atoms with Crippen LogP contribution in [0, 0.1) is 0 Å². The molecule has 1 aromatic heterocycles. The number of aromatic nitrogens is 2. The van der Waals surface area contributed by atoms with Crippen LogP contribution < -0.4 is 10.5 Å². The van der Waals surface area contributed by atoms with E-state index in [4.69, 9.17) is 10.5 Å². The Morgan fingerprint density at radius 2 is 2.21 bits per heavy atom. The van der Waals surface area contributed by atoms with Crippen LogP contribution in [0.2, 0.25) is 0 Å². The molecule has 0 spiro atoms. The molecule has 0 aliphatic carbocycles. The highest BCUT2D eigenvalue weighted by Gasteiger charge is 2.23. The van der Waals surface area contributed by atoms with Gasteiger partial charge in [-0.3, -0.25) is 4.68 Å². The zero-order valence-corrected chi connectivity index (χ0v) is 11.6. The van der Waals surface area contributed by atoms with Crippen molar-refractivity contribution in [1.29, 1.82) is 0 Å². The van der Waals surface area contributed by atoms with Gasteiger partial charge in [0.05, 0.1) is 6.20 Å². The van der Waals surface area contributed by atoms with E-state index in [1.54, 1.807) is 4.68 Å².